The fourth-order valence-electron chi connectivity index (χ4n) is 1.85. The molecule has 0 aromatic heterocycles. The van der Waals surface area contributed by atoms with Gasteiger partial charge in [-0.1, -0.05) is 31.2 Å². The fraction of sp³-hybridized carbons (Fsp3) is 0.500. The highest BCUT2D eigenvalue weighted by Crippen LogP contribution is 2.10. The molecule has 4 nitrogen and oxygen atoms in total. The Balaban J connectivity index is 2.46. The summed E-state index contributed by atoms with van der Waals surface area (Å²) in [6, 6.07) is 8.84. The van der Waals surface area contributed by atoms with Crippen molar-refractivity contribution in [2.45, 2.75) is 38.6 Å². The van der Waals surface area contributed by atoms with E-state index in [9.17, 15) is 0 Å². The number of benzene rings is 1. The van der Waals surface area contributed by atoms with E-state index in [1.54, 1.807) is 0 Å². The minimum Gasteiger partial charge on any atom is -0.370 e. The molecule has 4 heteroatoms. The first-order chi connectivity index (χ1) is 8.61. The molecule has 6 N–H and O–H groups in total. The SMILES string of the molecule is CC[C@H](N)Cc1cccc(CCCN=C(N)N)c1. The quantitative estimate of drug-likeness (QED) is 0.384. The summed E-state index contributed by atoms with van der Waals surface area (Å²) in [7, 11) is 0. The van der Waals surface area contributed by atoms with Crippen LogP contribution in [-0.2, 0) is 12.8 Å². The number of aryl methyl sites for hydroxylation is 1. The predicted octanol–water partition coefficient (Wildman–Crippen LogP) is 1.17. The van der Waals surface area contributed by atoms with Crippen LogP contribution in [0.3, 0.4) is 0 Å². The van der Waals surface area contributed by atoms with Gasteiger partial charge < -0.3 is 17.2 Å². The van der Waals surface area contributed by atoms with E-state index in [-0.39, 0.29) is 12.0 Å². The molecule has 18 heavy (non-hydrogen) atoms. The number of aliphatic imine (C=N–C) groups is 1. The van der Waals surface area contributed by atoms with Crippen molar-refractivity contribution in [3.05, 3.63) is 35.4 Å². The van der Waals surface area contributed by atoms with Gasteiger partial charge in [0.15, 0.2) is 5.96 Å². The smallest absolute Gasteiger partial charge is 0.185 e. The highest BCUT2D eigenvalue weighted by atomic mass is 15.0. The van der Waals surface area contributed by atoms with E-state index in [2.05, 4.69) is 36.2 Å². The van der Waals surface area contributed by atoms with Crippen LogP contribution in [0.1, 0.15) is 30.9 Å². The molecule has 0 aliphatic carbocycles. The van der Waals surface area contributed by atoms with Gasteiger partial charge in [0.05, 0.1) is 0 Å². The zero-order chi connectivity index (χ0) is 13.4. The summed E-state index contributed by atoms with van der Waals surface area (Å²) in [5.74, 6) is 0.165. The van der Waals surface area contributed by atoms with E-state index >= 15 is 0 Å². The minimum absolute atomic E-state index is 0.165. The van der Waals surface area contributed by atoms with Crippen LogP contribution >= 0.6 is 0 Å². The molecular formula is C14H24N4. The maximum absolute atomic E-state index is 5.96. The van der Waals surface area contributed by atoms with Gasteiger partial charge in [0.1, 0.15) is 0 Å². The van der Waals surface area contributed by atoms with Crippen molar-refractivity contribution in [2.24, 2.45) is 22.2 Å². The Kier molecular flexibility index (Phi) is 6.22. The first-order valence-electron chi connectivity index (χ1n) is 6.50. The molecule has 0 fully saturated rings. The molecule has 1 rings (SSSR count). The van der Waals surface area contributed by atoms with E-state index in [4.69, 9.17) is 17.2 Å². The van der Waals surface area contributed by atoms with Gasteiger partial charge in [-0.05, 0) is 36.8 Å². The predicted molar refractivity (Wildman–Crippen MR) is 77.4 cm³/mol. The second-order valence-corrected chi connectivity index (χ2v) is 4.60. The van der Waals surface area contributed by atoms with E-state index in [1.807, 2.05) is 0 Å². The van der Waals surface area contributed by atoms with Crippen LogP contribution in [0.4, 0.5) is 0 Å². The molecule has 0 radical (unpaired) electrons. The Hall–Kier alpha value is -1.55. The van der Waals surface area contributed by atoms with Crippen molar-refractivity contribution in [2.75, 3.05) is 6.54 Å². The lowest BCUT2D eigenvalue weighted by molar-refractivity contribution is 0.646. The number of hydrogen-bond donors (Lipinski definition) is 3. The van der Waals surface area contributed by atoms with Crippen LogP contribution in [0.25, 0.3) is 0 Å². The largest absolute Gasteiger partial charge is 0.370 e. The second kappa shape index (κ2) is 7.71. The average Bonchev–Trinajstić information content (AvgIpc) is 2.35. The number of rotatable bonds is 7. The molecule has 0 bridgehead atoms. The Morgan fingerprint density at radius 2 is 2.00 bits per heavy atom. The van der Waals surface area contributed by atoms with Gasteiger partial charge in [-0.25, -0.2) is 0 Å². The van der Waals surface area contributed by atoms with Crippen molar-refractivity contribution in [1.29, 1.82) is 0 Å². The number of hydrogen-bond acceptors (Lipinski definition) is 2. The third-order valence-electron chi connectivity index (χ3n) is 2.93. The molecule has 100 valence electrons. The number of nitrogens with two attached hydrogens (primary N) is 3. The van der Waals surface area contributed by atoms with Gasteiger partial charge in [0, 0.05) is 12.6 Å². The monoisotopic (exact) mass is 248 g/mol. The van der Waals surface area contributed by atoms with Gasteiger partial charge in [0.25, 0.3) is 0 Å². The van der Waals surface area contributed by atoms with Crippen LogP contribution in [-0.4, -0.2) is 18.5 Å². The topological polar surface area (TPSA) is 90.4 Å². The van der Waals surface area contributed by atoms with Gasteiger partial charge in [-0.15, -0.1) is 0 Å². The van der Waals surface area contributed by atoms with Gasteiger partial charge in [-0.3, -0.25) is 4.99 Å². The van der Waals surface area contributed by atoms with Crippen LogP contribution in [0, 0.1) is 0 Å². The zero-order valence-corrected chi connectivity index (χ0v) is 11.1. The van der Waals surface area contributed by atoms with Gasteiger partial charge in [0.2, 0.25) is 0 Å². The molecule has 0 unspecified atom stereocenters. The molecule has 1 atom stereocenters. The third kappa shape index (κ3) is 5.68. The lowest BCUT2D eigenvalue weighted by atomic mass is 10.0. The molecule has 0 amide bonds. The van der Waals surface area contributed by atoms with Gasteiger partial charge in [-0.2, -0.15) is 0 Å². The zero-order valence-electron chi connectivity index (χ0n) is 11.1. The molecule has 1 aromatic rings. The maximum Gasteiger partial charge on any atom is 0.185 e. The number of guanidine groups is 1. The lowest BCUT2D eigenvalue weighted by Gasteiger charge is -2.09. The molecule has 0 aliphatic heterocycles. The van der Waals surface area contributed by atoms with Crippen molar-refractivity contribution in [3.63, 3.8) is 0 Å². The van der Waals surface area contributed by atoms with E-state index in [1.165, 1.54) is 11.1 Å². The summed E-state index contributed by atoms with van der Waals surface area (Å²) < 4.78 is 0. The van der Waals surface area contributed by atoms with Crippen molar-refractivity contribution >= 4 is 5.96 Å². The van der Waals surface area contributed by atoms with Crippen LogP contribution in [0.2, 0.25) is 0 Å². The van der Waals surface area contributed by atoms with Crippen molar-refractivity contribution < 1.29 is 0 Å². The normalized spacial score (nSPS) is 12.1. The van der Waals surface area contributed by atoms with Crippen LogP contribution in [0.15, 0.2) is 29.3 Å². The Labute approximate surface area is 109 Å². The molecule has 0 heterocycles. The molecule has 0 aliphatic rings. The van der Waals surface area contributed by atoms with E-state index in [0.717, 1.165) is 25.7 Å². The average molecular weight is 248 g/mol. The third-order valence-corrected chi connectivity index (χ3v) is 2.93. The first-order valence-corrected chi connectivity index (χ1v) is 6.50. The molecule has 1 aromatic carbocycles. The van der Waals surface area contributed by atoms with Gasteiger partial charge >= 0.3 is 0 Å². The Morgan fingerprint density at radius 3 is 2.67 bits per heavy atom. The van der Waals surface area contributed by atoms with E-state index < -0.39 is 0 Å². The summed E-state index contributed by atoms with van der Waals surface area (Å²) >= 11 is 0. The molecule has 0 saturated carbocycles. The standard InChI is InChI=1S/C14H24N4/c1-2-13(15)10-12-6-3-5-11(9-12)7-4-8-18-14(16)17/h3,5-6,9,13H,2,4,7-8,10,15H2,1H3,(H4,16,17,18)/t13-/m0/s1. The molecule has 0 saturated heterocycles. The summed E-state index contributed by atoms with van der Waals surface area (Å²) in [5.41, 5.74) is 19.2. The summed E-state index contributed by atoms with van der Waals surface area (Å²) in [5, 5.41) is 0. The van der Waals surface area contributed by atoms with Crippen molar-refractivity contribution in [3.8, 4) is 0 Å². The van der Waals surface area contributed by atoms with E-state index in [0.29, 0.717) is 6.54 Å². The fourth-order valence-corrected chi connectivity index (χ4v) is 1.85. The maximum atomic E-state index is 5.96. The minimum atomic E-state index is 0.165. The molecular weight excluding hydrogens is 224 g/mol. The van der Waals surface area contributed by atoms with Crippen molar-refractivity contribution in [1.82, 2.24) is 0 Å². The highest BCUT2D eigenvalue weighted by molar-refractivity contribution is 5.75. The summed E-state index contributed by atoms with van der Waals surface area (Å²) in [4.78, 5) is 3.98. The second-order valence-electron chi connectivity index (χ2n) is 4.60. The molecule has 0 spiro atoms. The van der Waals surface area contributed by atoms with Crippen LogP contribution in [0.5, 0.6) is 0 Å². The van der Waals surface area contributed by atoms with Crippen LogP contribution < -0.4 is 17.2 Å². The number of nitrogens with zero attached hydrogens (tertiary/aromatic N) is 1. The Bertz CT molecular complexity index is 383. The highest BCUT2D eigenvalue weighted by Gasteiger charge is 2.02. The lowest BCUT2D eigenvalue weighted by Crippen LogP contribution is -2.23. The summed E-state index contributed by atoms with van der Waals surface area (Å²) in [6.07, 6.45) is 3.90. The Morgan fingerprint density at radius 1 is 1.28 bits per heavy atom. The summed E-state index contributed by atoms with van der Waals surface area (Å²) in [6.45, 7) is 2.80. The first kappa shape index (κ1) is 14.5.